The largest absolute Gasteiger partial charge is 0.327 e. The molecule has 7 aliphatic carbocycles. The van der Waals surface area contributed by atoms with Gasteiger partial charge in [0.05, 0.1) is 0 Å². The maximum absolute atomic E-state index is 6.00. The van der Waals surface area contributed by atoms with E-state index in [1.165, 1.54) is 24.8 Å². The molecule has 23 heavy (non-hydrogen) atoms. The van der Waals surface area contributed by atoms with Crippen LogP contribution in [0.2, 0.25) is 0 Å². The van der Waals surface area contributed by atoms with Crippen LogP contribution in [0.4, 0.5) is 0 Å². The van der Waals surface area contributed by atoms with Gasteiger partial charge in [0.15, 0.2) is 0 Å². The van der Waals surface area contributed by atoms with Crippen molar-refractivity contribution in [2.75, 3.05) is 13.1 Å². The Morgan fingerprint density at radius 2 is 1.91 bits per heavy atom. The van der Waals surface area contributed by atoms with Gasteiger partial charge in [-0.3, -0.25) is 0 Å². The van der Waals surface area contributed by atoms with Gasteiger partial charge in [0.2, 0.25) is 0 Å². The van der Waals surface area contributed by atoms with Gasteiger partial charge in [-0.1, -0.05) is 0 Å². The maximum Gasteiger partial charge on any atom is 0.0136 e. The van der Waals surface area contributed by atoms with Gasteiger partial charge in [0.1, 0.15) is 0 Å². The summed E-state index contributed by atoms with van der Waals surface area (Å²) >= 11 is 0. The van der Waals surface area contributed by atoms with Gasteiger partial charge in [0.25, 0.3) is 0 Å². The lowest BCUT2D eigenvalue weighted by Crippen LogP contribution is -2.66. The molecule has 0 aromatic carbocycles. The smallest absolute Gasteiger partial charge is 0.0136 e. The lowest BCUT2D eigenvalue weighted by molar-refractivity contribution is -0.228. The fourth-order valence-corrected chi connectivity index (χ4v) is 9.56. The first kappa shape index (κ1) is 14.1. The predicted octanol–water partition coefficient (Wildman–Crippen LogP) is 3.27. The van der Waals surface area contributed by atoms with Crippen molar-refractivity contribution in [2.24, 2.45) is 64.4 Å². The van der Waals surface area contributed by atoms with Crippen molar-refractivity contribution in [3.05, 3.63) is 0 Å². The van der Waals surface area contributed by atoms with E-state index in [2.05, 4.69) is 12.2 Å². The van der Waals surface area contributed by atoms with E-state index in [4.69, 9.17) is 5.73 Å². The third kappa shape index (κ3) is 1.64. The highest BCUT2D eigenvalue weighted by molar-refractivity contribution is 5.21. The number of hydrogen-bond acceptors (Lipinski definition) is 2. The monoisotopic (exact) mass is 314 g/mol. The number of nitrogens with one attached hydrogen (secondary N) is 1. The third-order valence-electron chi connectivity index (χ3n) is 9.88. The van der Waals surface area contributed by atoms with Gasteiger partial charge in [-0.15, -0.1) is 0 Å². The molecule has 7 aliphatic rings. The first-order valence-corrected chi connectivity index (χ1v) is 10.6. The average Bonchev–Trinajstić information content (AvgIpc) is 3.01. The third-order valence-corrected chi connectivity index (χ3v) is 9.88. The summed E-state index contributed by atoms with van der Waals surface area (Å²) in [5.74, 6) is 10.3. The van der Waals surface area contributed by atoms with Crippen LogP contribution in [0.5, 0.6) is 0 Å². The highest BCUT2D eigenvalue weighted by Crippen LogP contribution is 2.78. The molecule has 6 bridgehead atoms. The lowest BCUT2D eigenvalue weighted by Gasteiger charge is -2.71. The number of rotatable bonds is 4. The first-order valence-electron chi connectivity index (χ1n) is 10.6. The van der Waals surface area contributed by atoms with Gasteiger partial charge in [-0.2, -0.15) is 0 Å². The molecule has 2 heteroatoms. The van der Waals surface area contributed by atoms with Gasteiger partial charge in [-0.05, 0) is 111 Å². The van der Waals surface area contributed by atoms with Crippen molar-refractivity contribution < 1.29 is 0 Å². The van der Waals surface area contributed by atoms with Crippen LogP contribution in [0.25, 0.3) is 0 Å². The van der Waals surface area contributed by atoms with Crippen molar-refractivity contribution >= 4 is 0 Å². The molecular weight excluding hydrogens is 280 g/mol. The molecule has 128 valence electrons. The zero-order chi connectivity index (χ0) is 15.3. The molecule has 11 atom stereocenters. The average molecular weight is 315 g/mol. The summed E-state index contributed by atoms with van der Waals surface area (Å²) in [7, 11) is 0. The summed E-state index contributed by atoms with van der Waals surface area (Å²) in [6.07, 6.45) is 11.1. The lowest BCUT2D eigenvalue weighted by atomic mass is 9.34. The van der Waals surface area contributed by atoms with Crippen LogP contribution >= 0.6 is 0 Å². The Morgan fingerprint density at radius 1 is 1.00 bits per heavy atom. The van der Waals surface area contributed by atoms with Crippen LogP contribution in [-0.4, -0.2) is 19.1 Å². The minimum Gasteiger partial charge on any atom is -0.327 e. The summed E-state index contributed by atoms with van der Waals surface area (Å²) in [4.78, 5) is 0. The van der Waals surface area contributed by atoms with Gasteiger partial charge >= 0.3 is 0 Å². The zero-order valence-electron chi connectivity index (χ0n) is 14.7. The highest BCUT2D eigenvalue weighted by Gasteiger charge is 2.72. The Balaban J connectivity index is 1.32. The van der Waals surface area contributed by atoms with E-state index in [9.17, 15) is 0 Å². The second-order valence-electron chi connectivity index (χ2n) is 10.6. The molecule has 3 N–H and O–H groups in total. The van der Waals surface area contributed by atoms with E-state index in [1.807, 2.05) is 0 Å². The van der Waals surface area contributed by atoms with E-state index in [0.717, 1.165) is 48.0 Å². The number of fused-ring (bicyclic) bond motifs is 7. The van der Waals surface area contributed by atoms with Crippen molar-refractivity contribution in [2.45, 2.75) is 57.9 Å². The van der Waals surface area contributed by atoms with Gasteiger partial charge in [-0.25, -0.2) is 0 Å². The normalized spacial score (nSPS) is 62.1. The second-order valence-corrected chi connectivity index (χ2v) is 10.6. The summed E-state index contributed by atoms with van der Waals surface area (Å²) in [5, 5.41) is 3.80. The van der Waals surface area contributed by atoms with E-state index >= 15 is 0 Å². The Bertz CT molecular complexity index is 516. The Kier molecular flexibility index (Phi) is 2.79. The summed E-state index contributed by atoms with van der Waals surface area (Å²) in [6.45, 7) is 4.43. The van der Waals surface area contributed by atoms with Crippen molar-refractivity contribution in [3.63, 3.8) is 0 Å². The van der Waals surface area contributed by atoms with Gasteiger partial charge in [0, 0.05) is 19.1 Å². The highest BCUT2D eigenvalue weighted by atomic mass is 14.9. The van der Waals surface area contributed by atoms with E-state index in [1.54, 1.807) is 38.5 Å². The van der Waals surface area contributed by atoms with E-state index < -0.39 is 0 Å². The Hall–Kier alpha value is -0.0800. The van der Waals surface area contributed by atoms with E-state index in [-0.39, 0.29) is 0 Å². The quantitative estimate of drug-likeness (QED) is 0.836. The SMILES string of the molecule is CC(N)CNCC12CCC(C1)C1C3CC4C5CCC(C(C5)C12)C43. The van der Waals surface area contributed by atoms with Crippen molar-refractivity contribution in [3.8, 4) is 0 Å². The van der Waals surface area contributed by atoms with Gasteiger partial charge < -0.3 is 11.1 Å². The van der Waals surface area contributed by atoms with Crippen LogP contribution in [-0.2, 0) is 0 Å². The number of nitrogens with two attached hydrogens (primary N) is 1. The predicted molar refractivity (Wildman–Crippen MR) is 92.7 cm³/mol. The number of hydrogen-bond donors (Lipinski definition) is 2. The minimum atomic E-state index is 0.301. The molecule has 0 aromatic heterocycles. The Morgan fingerprint density at radius 3 is 2.78 bits per heavy atom. The molecule has 7 fully saturated rings. The molecule has 0 heterocycles. The van der Waals surface area contributed by atoms with Crippen molar-refractivity contribution in [1.29, 1.82) is 0 Å². The van der Waals surface area contributed by atoms with Crippen LogP contribution in [0.1, 0.15) is 51.9 Å². The summed E-state index contributed by atoms with van der Waals surface area (Å²) < 4.78 is 0. The molecule has 0 spiro atoms. The van der Waals surface area contributed by atoms with Crippen LogP contribution in [0.15, 0.2) is 0 Å². The standard InChI is InChI=1S/C21H34N2/c1-11(22)9-23-10-21-5-4-13(8-21)18-17-7-15-12-2-3-14(19(15)17)16(6-12)20(18)21/h11-20,23H,2-10,22H2,1H3. The maximum atomic E-state index is 6.00. The molecule has 11 unspecified atom stereocenters. The molecule has 0 aliphatic heterocycles. The van der Waals surface area contributed by atoms with Crippen LogP contribution in [0.3, 0.4) is 0 Å². The molecule has 0 radical (unpaired) electrons. The first-order chi connectivity index (χ1) is 11.2. The van der Waals surface area contributed by atoms with Crippen molar-refractivity contribution in [1.82, 2.24) is 5.32 Å². The van der Waals surface area contributed by atoms with Crippen LogP contribution in [0, 0.1) is 58.7 Å². The fourth-order valence-electron chi connectivity index (χ4n) is 9.56. The summed E-state index contributed by atoms with van der Waals surface area (Å²) in [5.41, 5.74) is 6.67. The molecule has 7 saturated carbocycles. The fraction of sp³-hybridized carbons (Fsp3) is 1.00. The Labute approximate surface area is 141 Å². The molecule has 0 saturated heterocycles. The molecule has 0 aromatic rings. The topological polar surface area (TPSA) is 38.0 Å². The molecule has 2 nitrogen and oxygen atoms in total. The molecular formula is C21H34N2. The van der Waals surface area contributed by atoms with E-state index in [0.29, 0.717) is 11.5 Å². The minimum absolute atomic E-state index is 0.301. The molecule has 7 rings (SSSR count). The summed E-state index contributed by atoms with van der Waals surface area (Å²) in [6, 6.07) is 0.301. The van der Waals surface area contributed by atoms with Crippen LogP contribution < -0.4 is 11.1 Å². The second kappa shape index (κ2) is 4.55. The molecule has 0 amide bonds. The zero-order valence-corrected chi connectivity index (χ0v) is 14.7.